The maximum absolute atomic E-state index is 5.22. The fraction of sp³-hybridized carbons (Fsp3) is 0.556. The summed E-state index contributed by atoms with van der Waals surface area (Å²) >= 11 is 0. The van der Waals surface area contributed by atoms with Crippen LogP contribution in [0.3, 0.4) is 0 Å². The first-order valence-corrected chi connectivity index (χ1v) is 7.54. The van der Waals surface area contributed by atoms with Crippen LogP contribution in [-0.4, -0.2) is 12.6 Å². The predicted octanol–water partition coefficient (Wildman–Crippen LogP) is 3.91. The first-order chi connectivity index (χ1) is 9.73. The summed E-state index contributed by atoms with van der Waals surface area (Å²) in [7, 11) is 1.73. The number of hydrogen-bond acceptors (Lipinski definition) is 3. The Balaban J connectivity index is 2.80. The van der Waals surface area contributed by atoms with Crippen LogP contribution in [0.25, 0.3) is 0 Å². The molecule has 0 spiro atoms. The summed E-state index contributed by atoms with van der Waals surface area (Å²) in [5.74, 6) is 1.36. The zero-order valence-electron chi connectivity index (χ0n) is 14.3. The van der Waals surface area contributed by atoms with Gasteiger partial charge in [0, 0.05) is 19.2 Å². The Morgan fingerprint density at radius 1 is 1.29 bits per heavy atom. The molecule has 1 aromatic carbocycles. The van der Waals surface area contributed by atoms with E-state index in [9.17, 15) is 0 Å². The van der Waals surface area contributed by atoms with Crippen LogP contribution in [-0.2, 0) is 17.9 Å². The zero-order chi connectivity index (χ0) is 16.0. The minimum Gasteiger partial charge on any atom is -0.380 e. The molecule has 0 saturated heterocycles. The Morgan fingerprint density at radius 2 is 1.95 bits per heavy atom. The first-order valence-electron chi connectivity index (χ1n) is 7.54. The maximum Gasteiger partial charge on any atom is 0.0919 e. The summed E-state index contributed by atoms with van der Waals surface area (Å²) < 4.78 is 5.22. The van der Waals surface area contributed by atoms with Gasteiger partial charge >= 0.3 is 0 Å². The summed E-state index contributed by atoms with van der Waals surface area (Å²) in [4.78, 5) is 0. The van der Waals surface area contributed by atoms with Gasteiger partial charge in [0.15, 0.2) is 0 Å². The maximum atomic E-state index is 5.22. The van der Waals surface area contributed by atoms with E-state index in [-0.39, 0.29) is 5.54 Å². The Bertz CT molecular complexity index is 473. The van der Waals surface area contributed by atoms with E-state index in [0.29, 0.717) is 12.5 Å². The van der Waals surface area contributed by atoms with Gasteiger partial charge < -0.3 is 15.4 Å². The summed E-state index contributed by atoms with van der Waals surface area (Å²) in [5.41, 5.74) is 3.89. The van der Waals surface area contributed by atoms with Crippen LogP contribution in [0.5, 0.6) is 0 Å². The first kappa shape index (κ1) is 17.6. The summed E-state index contributed by atoms with van der Waals surface area (Å²) in [5, 5.41) is 6.72. The number of benzene rings is 1. The van der Waals surface area contributed by atoms with E-state index < -0.39 is 0 Å². The molecular weight excluding hydrogens is 260 g/mol. The lowest BCUT2D eigenvalue weighted by Gasteiger charge is -2.25. The molecule has 0 aromatic heterocycles. The van der Waals surface area contributed by atoms with E-state index in [1.807, 2.05) is 0 Å². The van der Waals surface area contributed by atoms with Crippen molar-refractivity contribution < 1.29 is 4.74 Å². The smallest absolute Gasteiger partial charge is 0.0919 e. The second-order valence-corrected chi connectivity index (χ2v) is 6.83. The molecule has 2 N–H and O–H groups in total. The third kappa shape index (κ3) is 6.21. The number of methoxy groups -OCH3 is 1. The fourth-order valence-corrected chi connectivity index (χ4v) is 2.33. The normalized spacial score (nSPS) is 11.6. The third-order valence-electron chi connectivity index (χ3n) is 3.16. The monoisotopic (exact) mass is 290 g/mol. The van der Waals surface area contributed by atoms with Crippen molar-refractivity contribution in [2.24, 2.45) is 0 Å². The molecule has 0 radical (unpaired) electrons. The second kappa shape index (κ2) is 7.51. The van der Waals surface area contributed by atoms with Gasteiger partial charge in [0.05, 0.1) is 12.4 Å². The largest absolute Gasteiger partial charge is 0.380 e. The lowest BCUT2D eigenvalue weighted by atomic mass is 9.95. The van der Waals surface area contributed by atoms with Gasteiger partial charge in [0.1, 0.15) is 0 Å². The molecule has 0 aliphatic heterocycles. The van der Waals surface area contributed by atoms with Crippen LogP contribution in [0.15, 0.2) is 30.6 Å². The molecule has 118 valence electrons. The molecule has 0 atom stereocenters. The van der Waals surface area contributed by atoms with E-state index >= 15 is 0 Å². The van der Waals surface area contributed by atoms with Crippen molar-refractivity contribution in [3.8, 4) is 0 Å². The molecule has 0 aliphatic rings. The quantitative estimate of drug-likeness (QED) is 0.799. The van der Waals surface area contributed by atoms with E-state index in [4.69, 9.17) is 4.74 Å². The average molecular weight is 290 g/mol. The molecule has 0 saturated carbocycles. The van der Waals surface area contributed by atoms with Gasteiger partial charge in [0.2, 0.25) is 0 Å². The van der Waals surface area contributed by atoms with Crippen LogP contribution in [0.1, 0.15) is 57.2 Å². The van der Waals surface area contributed by atoms with Crippen LogP contribution < -0.4 is 10.6 Å². The topological polar surface area (TPSA) is 33.3 Å². The molecule has 3 heteroatoms. The van der Waals surface area contributed by atoms with Gasteiger partial charge in [-0.25, -0.2) is 0 Å². The lowest BCUT2D eigenvalue weighted by molar-refractivity contribution is 0.185. The molecule has 0 fully saturated rings. The summed E-state index contributed by atoms with van der Waals surface area (Å²) in [6.07, 6.45) is 0. The van der Waals surface area contributed by atoms with Gasteiger partial charge in [-0.2, -0.15) is 0 Å². The van der Waals surface area contributed by atoms with Crippen molar-refractivity contribution in [3.05, 3.63) is 47.3 Å². The van der Waals surface area contributed by atoms with Crippen molar-refractivity contribution in [2.75, 3.05) is 7.11 Å². The highest BCUT2D eigenvalue weighted by molar-refractivity contribution is 5.34. The summed E-state index contributed by atoms with van der Waals surface area (Å²) in [6.45, 7) is 16.3. The highest BCUT2D eigenvalue weighted by Gasteiger charge is 2.11. The molecule has 0 unspecified atom stereocenters. The molecule has 1 aromatic rings. The lowest BCUT2D eigenvalue weighted by Crippen LogP contribution is -2.39. The Kier molecular flexibility index (Phi) is 6.28. The summed E-state index contributed by atoms with van der Waals surface area (Å²) in [6, 6.07) is 6.57. The average Bonchev–Trinajstić information content (AvgIpc) is 2.34. The standard InChI is InChI=1S/C18H30N2O/c1-13(2)17-9-8-15(12-21-7)10-16(17)11-19-14(3)20-18(4,5)6/h8-10,13,19-20H,3,11-12H2,1-2,4-7H3. The van der Waals surface area contributed by atoms with Crippen LogP contribution in [0.2, 0.25) is 0 Å². The number of rotatable bonds is 7. The predicted molar refractivity (Wildman–Crippen MR) is 90.1 cm³/mol. The second-order valence-electron chi connectivity index (χ2n) is 6.83. The van der Waals surface area contributed by atoms with E-state index in [1.54, 1.807) is 7.11 Å². The fourth-order valence-electron chi connectivity index (χ4n) is 2.33. The van der Waals surface area contributed by atoms with Gasteiger partial charge in [-0.15, -0.1) is 0 Å². The SMILES string of the molecule is C=C(NCc1cc(COC)ccc1C(C)C)NC(C)(C)C. The Hall–Kier alpha value is -1.48. The van der Waals surface area contributed by atoms with Crippen molar-refractivity contribution in [1.29, 1.82) is 0 Å². The van der Waals surface area contributed by atoms with Crippen LogP contribution in [0.4, 0.5) is 0 Å². The van der Waals surface area contributed by atoms with Crippen molar-refractivity contribution in [2.45, 2.75) is 59.2 Å². The highest BCUT2D eigenvalue weighted by Crippen LogP contribution is 2.21. The number of ether oxygens (including phenoxy) is 1. The minimum absolute atomic E-state index is 0.0167. The highest BCUT2D eigenvalue weighted by atomic mass is 16.5. The van der Waals surface area contributed by atoms with Crippen molar-refractivity contribution >= 4 is 0 Å². The van der Waals surface area contributed by atoms with Gasteiger partial charge in [-0.05, 0) is 43.4 Å². The zero-order valence-corrected chi connectivity index (χ0v) is 14.3. The molecule has 3 nitrogen and oxygen atoms in total. The molecule has 0 heterocycles. The minimum atomic E-state index is 0.0167. The van der Waals surface area contributed by atoms with E-state index in [2.05, 4.69) is 70.0 Å². The van der Waals surface area contributed by atoms with Crippen LogP contribution >= 0.6 is 0 Å². The van der Waals surface area contributed by atoms with Gasteiger partial charge in [0.25, 0.3) is 0 Å². The molecule has 21 heavy (non-hydrogen) atoms. The number of hydrogen-bond donors (Lipinski definition) is 2. The molecule has 0 bridgehead atoms. The Labute approximate surface area is 129 Å². The third-order valence-corrected chi connectivity index (χ3v) is 3.16. The molecule has 0 aliphatic carbocycles. The molecular formula is C18H30N2O. The Morgan fingerprint density at radius 3 is 2.48 bits per heavy atom. The molecule has 0 amide bonds. The molecule has 1 rings (SSSR count). The van der Waals surface area contributed by atoms with Crippen molar-refractivity contribution in [3.63, 3.8) is 0 Å². The van der Waals surface area contributed by atoms with Crippen molar-refractivity contribution in [1.82, 2.24) is 10.6 Å². The van der Waals surface area contributed by atoms with E-state index in [1.165, 1.54) is 16.7 Å². The van der Waals surface area contributed by atoms with Gasteiger partial charge in [-0.1, -0.05) is 38.6 Å². The van der Waals surface area contributed by atoms with Gasteiger partial charge in [-0.3, -0.25) is 0 Å². The van der Waals surface area contributed by atoms with E-state index in [0.717, 1.165) is 12.4 Å². The van der Waals surface area contributed by atoms with Crippen LogP contribution in [0, 0.1) is 0 Å². The number of nitrogens with one attached hydrogen (secondary N) is 2.